The first-order chi connectivity index (χ1) is 10.1. The average molecular weight is 290 g/mol. The monoisotopic (exact) mass is 290 g/mol. The number of carbonyl (C=O) groups is 2. The van der Waals surface area contributed by atoms with Gasteiger partial charge in [-0.2, -0.15) is 0 Å². The molecule has 1 heterocycles. The summed E-state index contributed by atoms with van der Waals surface area (Å²) in [5.41, 5.74) is 3.83. The molecular formula is C15H22N4O2. The zero-order valence-corrected chi connectivity index (χ0v) is 12.3. The van der Waals surface area contributed by atoms with E-state index in [0.717, 1.165) is 38.0 Å². The van der Waals surface area contributed by atoms with Gasteiger partial charge in [0, 0.05) is 25.1 Å². The highest BCUT2D eigenvalue weighted by atomic mass is 16.2. The summed E-state index contributed by atoms with van der Waals surface area (Å²) in [7, 11) is 1.69. The third kappa shape index (κ3) is 4.03. The van der Waals surface area contributed by atoms with Crippen LogP contribution in [0.1, 0.15) is 28.8 Å². The van der Waals surface area contributed by atoms with Crippen LogP contribution in [0.5, 0.6) is 0 Å². The van der Waals surface area contributed by atoms with Crippen molar-refractivity contribution in [3.63, 3.8) is 0 Å². The number of rotatable bonds is 4. The minimum atomic E-state index is -0.284. The van der Waals surface area contributed by atoms with E-state index in [1.807, 2.05) is 12.1 Å². The molecule has 0 bridgehead atoms. The number of nitrogens with two attached hydrogens (primary N) is 1. The Bertz CT molecular complexity index is 493. The summed E-state index contributed by atoms with van der Waals surface area (Å²) in [5, 5.41) is 2.72. The first-order valence-corrected chi connectivity index (χ1v) is 7.18. The molecule has 1 aliphatic heterocycles. The van der Waals surface area contributed by atoms with Crippen molar-refractivity contribution >= 4 is 11.8 Å². The van der Waals surface area contributed by atoms with Gasteiger partial charge in [0.1, 0.15) is 0 Å². The number of hydrazine groups is 1. The minimum Gasteiger partial charge on any atom is -0.359 e. The summed E-state index contributed by atoms with van der Waals surface area (Å²) in [6.45, 7) is 2.68. The molecule has 2 rings (SSSR count). The van der Waals surface area contributed by atoms with Gasteiger partial charge in [0.2, 0.25) is 5.91 Å². The third-order valence-corrected chi connectivity index (χ3v) is 3.96. The van der Waals surface area contributed by atoms with Gasteiger partial charge in [0.15, 0.2) is 0 Å². The van der Waals surface area contributed by atoms with Crippen molar-refractivity contribution in [1.29, 1.82) is 0 Å². The molecule has 114 valence electrons. The molecule has 1 aromatic carbocycles. The molecule has 0 unspecified atom stereocenters. The highest BCUT2D eigenvalue weighted by molar-refractivity contribution is 5.93. The van der Waals surface area contributed by atoms with Gasteiger partial charge in [-0.3, -0.25) is 19.9 Å². The summed E-state index contributed by atoms with van der Waals surface area (Å²) >= 11 is 0. The molecule has 6 heteroatoms. The summed E-state index contributed by atoms with van der Waals surface area (Å²) < 4.78 is 0. The van der Waals surface area contributed by atoms with Gasteiger partial charge in [-0.25, -0.2) is 5.84 Å². The van der Waals surface area contributed by atoms with Crippen molar-refractivity contribution in [2.24, 2.45) is 11.8 Å². The Kier molecular flexibility index (Phi) is 5.30. The zero-order chi connectivity index (χ0) is 15.2. The molecule has 0 atom stereocenters. The lowest BCUT2D eigenvalue weighted by atomic mass is 9.95. The topological polar surface area (TPSA) is 87.5 Å². The Labute approximate surface area is 124 Å². The molecular weight excluding hydrogens is 268 g/mol. The zero-order valence-electron chi connectivity index (χ0n) is 12.3. The molecule has 1 saturated heterocycles. The van der Waals surface area contributed by atoms with Crippen molar-refractivity contribution in [2.45, 2.75) is 19.4 Å². The number of hydrogen-bond donors (Lipinski definition) is 3. The third-order valence-electron chi connectivity index (χ3n) is 3.96. The van der Waals surface area contributed by atoms with E-state index in [0.29, 0.717) is 5.56 Å². The highest BCUT2D eigenvalue weighted by Gasteiger charge is 2.23. The van der Waals surface area contributed by atoms with Crippen molar-refractivity contribution < 1.29 is 9.59 Å². The van der Waals surface area contributed by atoms with E-state index >= 15 is 0 Å². The Hall–Kier alpha value is -1.92. The van der Waals surface area contributed by atoms with Crippen LogP contribution < -0.4 is 16.6 Å². The Morgan fingerprint density at radius 1 is 1.24 bits per heavy atom. The smallest absolute Gasteiger partial charge is 0.265 e. The average Bonchev–Trinajstić information content (AvgIpc) is 2.55. The molecule has 0 radical (unpaired) electrons. The maximum atomic E-state index is 11.6. The van der Waals surface area contributed by atoms with E-state index in [4.69, 9.17) is 5.84 Å². The maximum absolute atomic E-state index is 11.6. The predicted octanol–water partition coefficient (Wildman–Crippen LogP) is 0.248. The van der Waals surface area contributed by atoms with Crippen molar-refractivity contribution in [3.05, 3.63) is 35.4 Å². The Morgan fingerprint density at radius 3 is 2.38 bits per heavy atom. The van der Waals surface area contributed by atoms with E-state index in [1.165, 1.54) is 0 Å². The second kappa shape index (κ2) is 7.19. The normalized spacial score (nSPS) is 16.5. The van der Waals surface area contributed by atoms with Crippen molar-refractivity contribution in [3.8, 4) is 0 Å². The second-order valence-corrected chi connectivity index (χ2v) is 5.34. The van der Waals surface area contributed by atoms with Crippen LogP contribution in [0.2, 0.25) is 0 Å². The summed E-state index contributed by atoms with van der Waals surface area (Å²) in [6.07, 6.45) is 1.79. The molecule has 0 aliphatic carbocycles. The van der Waals surface area contributed by atoms with Gasteiger partial charge in [0.05, 0.1) is 0 Å². The van der Waals surface area contributed by atoms with E-state index in [1.54, 1.807) is 19.2 Å². The molecule has 2 amide bonds. The molecule has 1 aromatic rings. The molecule has 0 aromatic heterocycles. The maximum Gasteiger partial charge on any atom is 0.265 e. The molecule has 1 aliphatic rings. The molecule has 4 N–H and O–H groups in total. The van der Waals surface area contributed by atoms with Crippen LogP contribution in [0.4, 0.5) is 0 Å². The van der Waals surface area contributed by atoms with Gasteiger partial charge in [-0.1, -0.05) is 12.1 Å². The quantitative estimate of drug-likeness (QED) is 0.421. The van der Waals surface area contributed by atoms with Gasteiger partial charge in [-0.15, -0.1) is 0 Å². The lowest BCUT2D eigenvalue weighted by Gasteiger charge is -2.31. The Balaban J connectivity index is 1.86. The van der Waals surface area contributed by atoms with E-state index in [2.05, 4.69) is 15.6 Å². The highest BCUT2D eigenvalue weighted by Crippen LogP contribution is 2.19. The fourth-order valence-electron chi connectivity index (χ4n) is 2.66. The van der Waals surface area contributed by atoms with Gasteiger partial charge in [-0.05, 0) is 43.6 Å². The van der Waals surface area contributed by atoms with E-state index < -0.39 is 0 Å². The summed E-state index contributed by atoms with van der Waals surface area (Å²) in [6, 6.07) is 7.43. The largest absolute Gasteiger partial charge is 0.359 e. The number of amides is 2. The fourth-order valence-corrected chi connectivity index (χ4v) is 2.66. The summed E-state index contributed by atoms with van der Waals surface area (Å²) in [4.78, 5) is 25.3. The Morgan fingerprint density at radius 2 is 1.86 bits per heavy atom. The number of carbonyl (C=O) groups excluding carboxylic acids is 2. The standard InChI is InChI=1S/C15H22N4O2/c1-17-14(20)13-6-8-19(9-7-13)10-11-2-4-12(5-3-11)15(21)18-16/h2-5,13H,6-10,16H2,1H3,(H,17,20)(H,18,21). The first kappa shape index (κ1) is 15.5. The minimum absolute atomic E-state index is 0.141. The molecule has 6 nitrogen and oxygen atoms in total. The first-order valence-electron chi connectivity index (χ1n) is 7.18. The fraction of sp³-hybridized carbons (Fsp3) is 0.467. The number of piperidine rings is 1. The van der Waals surface area contributed by atoms with Crippen LogP contribution in [0.25, 0.3) is 0 Å². The van der Waals surface area contributed by atoms with Gasteiger partial charge < -0.3 is 5.32 Å². The van der Waals surface area contributed by atoms with Crippen LogP contribution in [0, 0.1) is 5.92 Å². The van der Waals surface area contributed by atoms with E-state index in [-0.39, 0.29) is 17.7 Å². The number of likely N-dealkylation sites (tertiary alicyclic amines) is 1. The molecule has 21 heavy (non-hydrogen) atoms. The van der Waals surface area contributed by atoms with Gasteiger partial charge >= 0.3 is 0 Å². The number of nitrogen functional groups attached to an aromatic ring is 1. The molecule has 1 fully saturated rings. The summed E-state index contributed by atoms with van der Waals surface area (Å²) in [5.74, 6) is 5.10. The van der Waals surface area contributed by atoms with Gasteiger partial charge in [0.25, 0.3) is 5.91 Å². The lowest BCUT2D eigenvalue weighted by molar-refractivity contribution is -0.125. The second-order valence-electron chi connectivity index (χ2n) is 5.34. The molecule has 0 saturated carbocycles. The van der Waals surface area contributed by atoms with Crippen LogP contribution in [-0.2, 0) is 11.3 Å². The van der Waals surface area contributed by atoms with Crippen LogP contribution in [-0.4, -0.2) is 36.9 Å². The van der Waals surface area contributed by atoms with Crippen LogP contribution in [0.3, 0.4) is 0 Å². The molecule has 0 spiro atoms. The number of nitrogens with one attached hydrogen (secondary N) is 2. The lowest BCUT2D eigenvalue weighted by Crippen LogP contribution is -2.39. The van der Waals surface area contributed by atoms with Crippen molar-refractivity contribution in [1.82, 2.24) is 15.6 Å². The number of nitrogens with zero attached hydrogens (tertiary/aromatic N) is 1. The number of benzene rings is 1. The number of hydrogen-bond acceptors (Lipinski definition) is 4. The van der Waals surface area contributed by atoms with E-state index in [9.17, 15) is 9.59 Å². The SMILES string of the molecule is CNC(=O)C1CCN(Cc2ccc(C(=O)NN)cc2)CC1. The predicted molar refractivity (Wildman–Crippen MR) is 80.2 cm³/mol. The van der Waals surface area contributed by atoms with Crippen LogP contribution >= 0.6 is 0 Å². The van der Waals surface area contributed by atoms with Crippen LogP contribution in [0.15, 0.2) is 24.3 Å². The van der Waals surface area contributed by atoms with Crippen molar-refractivity contribution in [2.75, 3.05) is 20.1 Å².